The fourth-order valence-electron chi connectivity index (χ4n) is 0.908. The van der Waals surface area contributed by atoms with Gasteiger partial charge in [0.05, 0.1) is 12.5 Å². The monoisotopic (exact) mass is 197 g/mol. The molecule has 0 bridgehead atoms. The lowest BCUT2D eigenvalue weighted by Gasteiger charge is -1.98. The van der Waals surface area contributed by atoms with Gasteiger partial charge < -0.3 is 0 Å². The lowest BCUT2D eigenvalue weighted by molar-refractivity contribution is 0.446. The Morgan fingerprint density at radius 1 is 1.21 bits per heavy atom. The molecule has 0 saturated carbocycles. The van der Waals surface area contributed by atoms with Crippen LogP contribution in [0.2, 0.25) is 0 Å². The molecule has 0 aliphatic rings. The summed E-state index contributed by atoms with van der Waals surface area (Å²) in [5.74, 6) is -3.96. The van der Waals surface area contributed by atoms with Crippen molar-refractivity contribution < 1.29 is 13.2 Å². The molecule has 0 saturated heterocycles. The number of nitrogens with zero attached hydrogens (tertiary/aromatic N) is 1. The van der Waals surface area contributed by atoms with Crippen molar-refractivity contribution in [3.8, 4) is 6.07 Å². The Balaban J connectivity index is 3.01. The molecule has 1 aromatic carbocycles. The minimum atomic E-state index is -1.50. The molecule has 0 amide bonds. The van der Waals surface area contributed by atoms with Crippen LogP contribution >= 0.6 is 0 Å². The molecule has 0 heterocycles. The number of allylic oxidation sites excluding steroid dienone is 1. The summed E-state index contributed by atoms with van der Waals surface area (Å²) in [5.41, 5.74) is -0.0702. The van der Waals surface area contributed by atoms with Crippen LogP contribution in [0.4, 0.5) is 13.2 Å². The molecule has 72 valence electrons. The second-order valence-electron chi connectivity index (χ2n) is 2.53. The molecule has 14 heavy (non-hydrogen) atoms. The van der Waals surface area contributed by atoms with Gasteiger partial charge in [-0.25, -0.2) is 13.2 Å². The van der Waals surface area contributed by atoms with E-state index in [1.54, 1.807) is 6.07 Å². The molecule has 0 atom stereocenters. The van der Waals surface area contributed by atoms with Gasteiger partial charge in [-0.15, -0.1) is 0 Å². The third kappa shape index (κ3) is 2.13. The maximum absolute atomic E-state index is 12.9. The normalized spacial score (nSPS) is 10.4. The summed E-state index contributed by atoms with van der Waals surface area (Å²) >= 11 is 0. The van der Waals surface area contributed by atoms with Crippen LogP contribution in [0.15, 0.2) is 18.2 Å². The van der Waals surface area contributed by atoms with Crippen molar-refractivity contribution in [2.45, 2.75) is 6.42 Å². The lowest BCUT2D eigenvalue weighted by Crippen LogP contribution is -1.92. The highest BCUT2D eigenvalue weighted by molar-refractivity contribution is 5.50. The van der Waals surface area contributed by atoms with Gasteiger partial charge in [-0.05, 0) is 12.1 Å². The van der Waals surface area contributed by atoms with E-state index in [9.17, 15) is 13.2 Å². The van der Waals surface area contributed by atoms with Crippen LogP contribution in [0.3, 0.4) is 0 Å². The van der Waals surface area contributed by atoms with Crippen molar-refractivity contribution in [3.05, 3.63) is 41.2 Å². The number of nitriles is 1. The summed E-state index contributed by atoms with van der Waals surface area (Å²) in [6.07, 6.45) is 2.70. The van der Waals surface area contributed by atoms with Gasteiger partial charge in [0.2, 0.25) is 0 Å². The molecule has 0 aromatic heterocycles. The van der Waals surface area contributed by atoms with Gasteiger partial charge in [-0.2, -0.15) is 5.26 Å². The van der Waals surface area contributed by atoms with E-state index in [1.807, 2.05) is 0 Å². The maximum atomic E-state index is 12.9. The van der Waals surface area contributed by atoms with E-state index in [-0.39, 0.29) is 12.0 Å². The van der Waals surface area contributed by atoms with E-state index in [4.69, 9.17) is 5.26 Å². The van der Waals surface area contributed by atoms with Crippen LogP contribution in [-0.2, 0) is 0 Å². The van der Waals surface area contributed by atoms with E-state index in [0.717, 1.165) is 12.1 Å². The Hall–Kier alpha value is -1.76. The number of benzene rings is 1. The van der Waals surface area contributed by atoms with Gasteiger partial charge in [0, 0.05) is 5.56 Å². The fraction of sp³-hybridized carbons (Fsp3) is 0.100. The predicted molar refractivity (Wildman–Crippen MR) is 45.6 cm³/mol. The third-order valence-corrected chi connectivity index (χ3v) is 1.57. The van der Waals surface area contributed by atoms with Gasteiger partial charge in [-0.1, -0.05) is 12.2 Å². The van der Waals surface area contributed by atoms with Crippen molar-refractivity contribution in [1.29, 1.82) is 5.26 Å². The highest BCUT2D eigenvalue weighted by Gasteiger charge is 2.10. The molecule has 0 fully saturated rings. The zero-order valence-electron chi connectivity index (χ0n) is 7.10. The van der Waals surface area contributed by atoms with E-state index in [1.165, 1.54) is 12.2 Å². The second kappa shape index (κ2) is 4.47. The second-order valence-corrected chi connectivity index (χ2v) is 2.53. The fourth-order valence-corrected chi connectivity index (χ4v) is 0.908. The van der Waals surface area contributed by atoms with Crippen LogP contribution < -0.4 is 0 Å². The van der Waals surface area contributed by atoms with E-state index in [2.05, 4.69) is 0 Å². The van der Waals surface area contributed by atoms with Crippen LogP contribution in [0.5, 0.6) is 0 Å². The quantitative estimate of drug-likeness (QED) is 0.668. The maximum Gasteiger partial charge on any atom is 0.195 e. The minimum Gasteiger partial charge on any atom is -0.204 e. The van der Waals surface area contributed by atoms with Crippen LogP contribution in [0.25, 0.3) is 6.08 Å². The molecule has 1 aromatic rings. The Kier molecular flexibility index (Phi) is 3.29. The topological polar surface area (TPSA) is 23.8 Å². The van der Waals surface area contributed by atoms with Gasteiger partial charge in [0.25, 0.3) is 0 Å². The molecule has 0 unspecified atom stereocenters. The Morgan fingerprint density at radius 3 is 2.57 bits per heavy atom. The van der Waals surface area contributed by atoms with Crippen molar-refractivity contribution in [2.24, 2.45) is 0 Å². The molecule has 0 aliphatic carbocycles. The van der Waals surface area contributed by atoms with Gasteiger partial charge >= 0.3 is 0 Å². The van der Waals surface area contributed by atoms with Crippen LogP contribution in [0.1, 0.15) is 12.0 Å². The summed E-state index contributed by atoms with van der Waals surface area (Å²) in [6.45, 7) is 0. The number of hydrogen-bond acceptors (Lipinski definition) is 1. The molecule has 0 aliphatic heterocycles. The van der Waals surface area contributed by atoms with Gasteiger partial charge in [0.15, 0.2) is 17.5 Å². The standard InChI is InChI=1S/C10H6F3N/c11-8-5-4-7(3-1-2-6-14)9(12)10(8)13/h1,3-5H,2H2. The summed E-state index contributed by atoms with van der Waals surface area (Å²) in [7, 11) is 0. The number of hydrogen-bond donors (Lipinski definition) is 0. The zero-order chi connectivity index (χ0) is 10.6. The van der Waals surface area contributed by atoms with E-state index >= 15 is 0 Å². The van der Waals surface area contributed by atoms with Gasteiger partial charge in [-0.3, -0.25) is 0 Å². The number of halogens is 3. The van der Waals surface area contributed by atoms with E-state index in [0.29, 0.717) is 0 Å². The van der Waals surface area contributed by atoms with Crippen molar-refractivity contribution in [3.63, 3.8) is 0 Å². The molecule has 0 spiro atoms. The molecule has 0 N–H and O–H groups in total. The Labute approximate surface area is 79.1 Å². The molecule has 1 rings (SSSR count). The summed E-state index contributed by atoms with van der Waals surface area (Å²) < 4.78 is 38.0. The highest BCUT2D eigenvalue weighted by atomic mass is 19.2. The molecule has 4 heteroatoms. The largest absolute Gasteiger partial charge is 0.204 e. The Morgan fingerprint density at radius 2 is 1.93 bits per heavy atom. The zero-order valence-corrected chi connectivity index (χ0v) is 7.10. The molecular formula is C10H6F3N. The minimum absolute atomic E-state index is 0.0702. The van der Waals surface area contributed by atoms with Crippen molar-refractivity contribution in [2.75, 3.05) is 0 Å². The van der Waals surface area contributed by atoms with E-state index < -0.39 is 17.5 Å². The third-order valence-electron chi connectivity index (χ3n) is 1.57. The first-order valence-electron chi connectivity index (χ1n) is 3.84. The van der Waals surface area contributed by atoms with Crippen LogP contribution in [-0.4, -0.2) is 0 Å². The molecule has 1 nitrogen and oxygen atoms in total. The highest BCUT2D eigenvalue weighted by Crippen LogP contribution is 2.16. The number of rotatable bonds is 2. The first-order chi connectivity index (χ1) is 6.66. The predicted octanol–water partition coefficient (Wildman–Crippen LogP) is 3.03. The molecule has 0 radical (unpaired) electrons. The van der Waals surface area contributed by atoms with Crippen LogP contribution in [0, 0.1) is 28.8 Å². The lowest BCUT2D eigenvalue weighted by atomic mass is 10.2. The average Bonchev–Trinajstić information content (AvgIpc) is 2.18. The first kappa shape index (κ1) is 10.3. The van der Waals surface area contributed by atoms with Gasteiger partial charge in [0.1, 0.15) is 0 Å². The van der Waals surface area contributed by atoms with Crippen molar-refractivity contribution in [1.82, 2.24) is 0 Å². The molecular weight excluding hydrogens is 191 g/mol. The first-order valence-corrected chi connectivity index (χ1v) is 3.84. The SMILES string of the molecule is N#CCC=Cc1ccc(F)c(F)c1F. The summed E-state index contributed by atoms with van der Waals surface area (Å²) in [4.78, 5) is 0. The summed E-state index contributed by atoms with van der Waals surface area (Å²) in [5, 5.41) is 8.18. The summed E-state index contributed by atoms with van der Waals surface area (Å²) in [6, 6.07) is 3.76. The van der Waals surface area contributed by atoms with Crippen molar-refractivity contribution >= 4 is 6.08 Å². The average molecular weight is 197 g/mol. The Bertz CT molecular complexity index is 405. The smallest absolute Gasteiger partial charge is 0.195 e.